The second-order valence-corrected chi connectivity index (χ2v) is 2.20. The molecule has 0 aromatic rings. The van der Waals surface area contributed by atoms with E-state index < -0.39 is 12.1 Å². The van der Waals surface area contributed by atoms with E-state index in [0.29, 0.717) is 6.42 Å². The monoisotopic (exact) mass is 200 g/mol. The molecule has 1 atom stereocenters. The number of aliphatic hydroxyl groups is 1. The molecule has 0 radical (unpaired) electrons. The smallest absolute Gasteiger partial charge is 0.327 e. The van der Waals surface area contributed by atoms with Crippen LogP contribution in [0, 0.1) is 0 Å². The van der Waals surface area contributed by atoms with Crippen molar-refractivity contribution in [3.63, 3.8) is 0 Å². The zero-order valence-corrected chi connectivity index (χ0v) is 7.34. The number of rotatable bonds is 3. The number of aliphatic imine (C=N–C) groups is 1. The minimum Gasteiger partial charge on any atom is -0.578 e. The van der Waals surface area contributed by atoms with Crippen molar-refractivity contribution >= 4 is 18.3 Å². The van der Waals surface area contributed by atoms with E-state index in [1.807, 2.05) is 0 Å². The molecule has 1 amide bonds. The summed E-state index contributed by atoms with van der Waals surface area (Å²) in [5.74, 6) is -1.34. The first kappa shape index (κ1) is 12.3. The number of carboxylic acids is 1. The largest absolute Gasteiger partial charge is 0.578 e. The second kappa shape index (κ2) is 6.79. The minimum atomic E-state index is -0.981. The summed E-state index contributed by atoms with van der Waals surface area (Å²) in [6.07, 6.45) is 2.62. The highest BCUT2D eigenvalue weighted by Crippen LogP contribution is 2.04. The van der Waals surface area contributed by atoms with Gasteiger partial charge in [0.2, 0.25) is 0 Å². The Kier molecular flexibility index (Phi) is 5.97. The maximum atomic E-state index is 10.5. The number of hydrogen-bond donors (Lipinski definition) is 2. The number of aliphatic carboxylic acids is 1. The molecular weight excluding hydrogens is 190 g/mol. The summed E-state index contributed by atoms with van der Waals surface area (Å²) in [5, 5.41) is 15.9. The van der Waals surface area contributed by atoms with Gasteiger partial charge in [0.1, 0.15) is 5.91 Å². The first-order chi connectivity index (χ1) is 6.61. The van der Waals surface area contributed by atoms with Gasteiger partial charge in [0.25, 0.3) is 0 Å². The fraction of sp³-hybridized carbons (Fsp3) is 0.375. The van der Waals surface area contributed by atoms with Gasteiger partial charge < -0.3 is 24.7 Å². The molecule has 1 rings (SSSR count). The fourth-order valence-electron chi connectivity index (χ4n) is 0.557. The van der Waals surface area contributed by atoms with Crippen molar-refractivity contribution < 1.29 is 24.5 Å². The summed E-state index contributed by atoms with van der Waals surface area (Å²) in [4.78, 5) is 23.0. The molecule has 0 aromatic carbocycles. The molecule has 0 aliphatic carbocycles. The Hall–Kier alpha value is -1.69. The van der Waals surface area contributed by atoms with Gasteiger partial charge in [-0.2, -0.15) is 0 Å². The lowest BCUT2D eigenvalue weighted by Crippen LogP contribution is -2.17. The molecule has 0 saturated carbocycles. The Morgan fingerprint density at radius 2 is 2.36 bits per heavy atom. The highest BCUT2D eigenvalue weighted by molar-refractivity contribution is 5.91. The van der Waals surface area contributed by atoms with Crippen LogP contribution in [0.2, 0.25) is 0 Å². The van der Waals surface area contributed by atoms with E-state index in [-0.39, 0.29) is 12.5 Å². The lowest BCUT2D eigenvalue weighted by atomic mass is 10.2. The van der Waals surface area contributed by atoms with E-state index in [2.05, 4.69) is 22.7 Å². The van der Waals surface area contributed by atoms with Crippen LogP contribution >= 0.6 is 0 Å². The Bertz CT molecular complexity index is 248. The molecule has 0 bridgehead atoms. The van der Waals surface area contributed by atoms with Gasteiger partial charge in [0.15, 0.2) is 0 Å². The van der Waals surface area contributed by atoms with Gasteiger partial charge in [0, 0.05) is 19.1 Å². The van der Waals surface area contributed by atoms with Gasteiger partial charge in [-0.1, -0.05) is 6.58 Å². The van der Waals surface area contributed by atoms with Crippen molar-refractivity contribution in [3.05, 3.63) is 12.7 Å². The zero-order valence-electron chi connectivity index (χ0n) is 7.34. The van der Waals surface area contributed by atoms with E-state index in [0.717, 1.165) is 6.08 Å². The van der Waals surface area contributed by atoms with E-state index >= 15 is 0 Å². The normalized spacial score (nSPS) is 18.1. The number of carbonyl (C=O) groups is 2. The van der Waals surface area contributed by atoms with Gasteiger partial charge >= 0.3 is 5.97 Å². The Morgan fingerprint density at radius 1 is 1.79 bits per heavy atom. The van der Waals surface area contributed by atoms with Crippen LogP contribution in [-0.4, -0.2) is 41.2 Å². The number of nitrogens with zero attached hydrogens (tertiary/aromatic N) is 1. The SMILES string of the molecule is C=CC(=O)O.O=C1N=[C-]OC1CCO. The van der Waals surface area contributed by atoms with Crippen molar-refractivity contribution in [1.82, 2.24) is 0 Å². The van der Waals surface area contributed by atoms with Crippen molar-refractivity contribution in [2.75, 3.05) is 6.61 Å². The van der Waals surface area contributed by atoms with Crippen LogP contribution in [-0.2, 0) is 14.3 Å². The number of carbonyl (C=O) groups excluding carboxylic acids is 1. The summed E-state index contributed by atoms with van der Waals surface area (Å²) in [6.45, 7) is 2.90. The summed E-state index contributed by atoms with van der Waals surface area (Å²) in [5.41, 5.74) is 0. The predicted molar refractivity (Wildman–Crippen MR) is 46.9 cm³/mol. The third-order valence-corrected chi connectivity index (χ3v) is 1.19. The summed E-state index contributed by atoms with van der Waals surface area (Å²) in [7, 11) is 0. The number of aliphatic hydroxyl groups excluding tert-OH is 1. The van der Waals surface area contributed by atoms with Crippen molar-refractivity contribution in [3.8, 4) is 0 Å². The molecule has 2 N–H and O–H groups in total. The molecule has 1 unspecified atom stereocenters. The van der Waals surface area contributed by atoms with Crippen molar-refractivity contribution in [2.45, 2.75) is 12.5 Å². The Balaban J connectivity index is 0.000000292. The Morgan fingerprint density at radius 3 is 2.64 bits per heavy atom. The van der Waals surface area contributed by atoms with E-state index in [1.54, 1.807) is 0 Å². The maximum Gasteiger partial charge on any atom is 0.327 e. The predicted octanol–water partition coefficient (Wildman–Crippen LogP) is -0.543. The second-order valence-electron chi connectivity index (χ2n) is 2.20. The van der Waals surface area contributed by atoms with Crippen LogP contribution in [0.5, 0.6) is 0 Å². The molecule has 0 fully saturated rings. The molecule has 14 heavy (non-hydrogen) atoms. The highest BCUT2D eigenvalue weighted by Gasteiger charge is 2.10. The maximum absolute atomic E-state index is 10.5. The average Bonchev–Trinajstić information content (AvgIpc) is 2.54. The van der Waals surface area contributed by atoms with Crippen LogP contribution in [0.1, 0.15) is 6.42 Å². The molecule has 0 aromatic heterocycles. The third-order valence-electron chi connectivity index (χ3n) is 1.19. The van der Waals surface area contributed by atoms with Gasteiger partial charge in [-0.25, -0.2) is 4.79 Å². The van der Waals surface area contributed by atoms with E-state index in [9.17, 15) is 9.59 Å². The van der Waals surface area contributed by atoms with Gasteiger partial charge in [-0.3, -0.25) is 0 Å². The molecular formula is C8H10NO5-. The molecule has 1 aliphatic rings. The molecule has 78 valence electrons. The van der Waals surface area contributed by atoms with Crippen LogP contribution < -0.4 is 0 Å². The van der Waals surface area contributed by atoms with Crippen LogP contribution in [0.25, 0.3) is 0 Å². The molecule has 1 heterocycles. The highest BCUT2D eigenvalue weighted by atomic mass is 16.5. The summed E-state index contributed by atoms with van der Waals surface area (Å²) < 4.78 is 4.58. The standard InChI is InChI=1S/C5H6NO3.C3H4O2/c7-2-1-4-5(8)6-3-9-4;1-2-3(4)5/h4,7H,1-2H2;2H,1H2,(H,4,5)/q-1;. The molecule has 6 heteroatoms. The number of amides is 1. The van der Waals surface area contributed by atoms with Gasteiger partial charge in [-0.15, -0.1) is 0 Å². The van der Waals surface area contributed by atoms with Crippen LogP contribution in [0.15, 0.2) is 17.6 Å². The van der Waals surface area contributed by atoms with E-state index in [4.69, 9.17) is 10.2 Å². The lowest BCUT2D eigenvalue weighted by molar-refractivity contribution is -0.131. The molecule has 0 spiro atoms. The minimum absolute atomic E-state index is 0.0619. The number of hydrogen-bond acceptors (Lipinski definition) is 4. The number of carboxylic acid groups (broad SMARTS) is 1. The quantitative estimate of drug-likeness (QED) is 0.471. The van der Waals surface area contributed by atoms with Gasteiger partial charge in [-0.05, 0) is 6.42 Å². The first-order valence-corrected chi connectivity index (χ1v) is 3.73. The first-order valence-electron chi connectivity index (χ1n) is 3.73. The summed E-state index contributed by atoms with van der Waals surface area (Å²) in [6, 6.07) is 0. The molecule has 6 nitrogen and oxygen atoms in total. The molecule has 0 saturated heterocycles. The van der Waals surface area contributed by atoms with Crippen molar-refractivity contribution in [1.29, 1.82) is 0 Å². The van der Waals surface area contributed by atoms with Crippen molar-refractivity contribution in [2.24, 2.45) is 4.99 Å². The average molecular weight is 200 g/mol. The van der Waals surface area contributed by atoms with Crippen LogP contribution in [0.3, 0.4) is 0 Å². The topological polar surface area (TPSA) is 96.2 Å². The Labute approximate surface area is 80.5 Å². The molecule has 1 aliphatic heterocycles. The summed E-state index contributed by atoms with van der Waals surface area (Å²) >= 11 is 0. The fourth-order valence-corrected chi connectivity index (χ4v) is 0.557. The van der Waals surface area contributed by atoms with Crippen LogP contribution in [0.4, 0.5) is 0 Å². The zero-order chi connectivity index (χ0) is 11.0. The number of ether oxygens (including phenoxy) is 1. The lowest BCUT2D eigenvalue weighted by Gasteiger charge is -2.10. The van der Waals surface area contributed by atoms with Gasteiger partial charge in [0.05, 0.1) is 6.10 Å². The van der Waals surface area contributed by atoms with E-state index in [1.165, 1.54) is 0 Å². The third kappa shape index (κ3) is 5.04.